The minimum atomic E-state index is 0.261. The zero-order valence-corrected chi connectivity index (χ0v) is 13.1. The lowest BCUT2D eigenvalue weighted by molar-refractivity contribution is 0.277. The molecule has 3 rings (SSSR count). The van der Waals surface area contributed by atoms with E-state index in [9.17, 15) is 0 Å². The second-order valence-corrected chi connectivity index (χ2v) is 7.25. The van der Waals surface area contributed by atoms with Gasteiger partial charge in [0, 0.05) is 16.1 Å². The summed E-state index contributed by atoms with van der Waals surface area (Å²) in [6, 6.07) is 5.94. The predicted octanol–water partition coefficient (Wildman–Crippen LogP) is 4.19. The van der Waals surface area contributed by atoms with Crippen LogP contribution in [0.4, 0.5) is 0 Å². The average molecular weight is 313 g/mol. The maximum Gasteiger partial charge on any atom is 0.0453 e. The van der Waals surface area contributed by atoms with Gasteiger partial charge in [0.25, 0.3) is 0 Å². The number of hydrogen-bond donors (Lipinski definition) is 2. The molecule has 1 aromatic carbocycles. The van der Waals surface area contributed by atoms with Crippen LogP contribution in [0, 0.1) is 17.8 Å². The molecule has 2 nitrogen and oxygen atoms in total. The fourth-order valence-electron chi connectivity index (χ4n) is 4.21. The van der Waals surface area contributed by atoms with Gasteiger partial charge in [0.05, 0.1) is 0 Å². The van der Waals surface area contributed by atoms with E-state index >= 15 is 0 Å². The summed E-state index contributed by atoms with van der Waals surface area (Å²) in [7, 11) is 0. The van der Waals surface area contributed by atoms with Crippen molar-refractivity contribution in [1.29, 1.82) is 0 Å². The highest BCUT2D eigenvalue weighted by Crippen LogP contribution is 2.50. The van der Waals surface area contributed by atoms with Crippen molar-refractivity contribution in [3.05, 3.63) is 33.8 Å². The quantitative estimate of drug-likeness (QED) is 0.632. The maximum absolute atomic E-state index is 6.26. The van der Waals surface area contributed by atoms with E-state index in [1.807, 2.05) is 18.2 Å². The Bertz CT molecular complexity index is 457. The van der Waals surface area contributed by atoms with Crippen molar-refractivity contribution in [2.24, 2.45) is 23.6 Å². The highest BCUT2D eigenvalue weighted by atomic mass is 35.5. The molecule has 4 unspecified atom stereocenters. The van der Waals surface area contributed by atoms with E-state index in [0.717, 1.165) is 46.2 Å². The van der Waals surface area contributed by atoms with Crippen LogP contribution in [0.15, 0.2) is 18.2 Å². The lowest BCUT2D eigenvalue weighted by atomic mass is 9.83. The summed E-state index contributed by atoms with van der Waals surface area (Å²) in [5.74, 6) is 8.50. The summed E-state index contributed by atoms with van der Waals surface area (Å²) >= 11 is 12.5. The van der Waals surface area contributed by atoms with Crippen LogP contribution in [0.5, 0.6) is 0 Å². The Morgan fingerprint density at radius 1 is 1.20 bits per heavy atom. The van der Waals surface area contributed by atoms with E-state index in [1.165, 1.54) is 25.7 Å². The number of hydrazine groups is 1. The Kier molecular flexibility index (Phi) is 4.56. The molecule has 110 valence electrons. The molecular weight excluding hydrogens is 291 g/mol. The molecule has 4 atom stereocenters. The number of nitrogens with one attached hydrogen (secondary N) is 1. The van der Waals surface area contributed by atoms with Crippen molar-refractivity contribution in [3.8, 4) is 0 Å². The largest absolute Gasteiger partial charge is 0.271 e. The summed E-state index contributed by atoms with van der Waals surface area (Å²) < 4.78 is 0. The standard InChI is InChI=1S/C16H22Cl2N2/c17-15-2-1-3-16(18)14(15)9-13(20-19)8-12-7-10-4-5-11(12)6-10/h1-3,10-13,20H,4-9,19H2. The second kappa shape index (κ2) is 6.23. The van der Waals surface area contributed by atoms with Crippen LogP contribution in [0.3, 0.4) is 0 Å². The highest BCUT2D eigenvalue weighted by Gasteiger charge is 2.40. The fourth-order valence-corrected chi connectivity index (χ4v) is 4.77. The molecule has 2 aliphatic carbocycles. The first-order chi connectivity index (χ1) is 9.67. The molecule has 2 aliphatic rings. The first kappa shape index (κ1) is 14.6. The van der Waals surface area contributed by atoms with Crippen LogP contribution >= 0.6 is 23.2 Å². The van der Waals surface area contributed by atoms with Crippen molar-refractivity contribution < 1.29 is 0 Å². The molecule has 0 aliphatic heterocycles. The summed E-state index contributed by atoms with van der Waals surface area (Å²) in [5.41, 5.74) is 3.99. The van der Waals surface area contributed by atoms with Gasteiger partial charge in [-0.2, -0.15) is 0 Å². The van der Waals surface area contributed by atoms with E-state index < -0.39 is 0 Å². The van der Waals surface area contributed by atoms with Crippen LogP contribution in [-0.4, -0.2) is 6.04 Å². The molecule has 4 heteroatoms. The number of hydrogen-bond acceptors (Lipinski definition) is 2. The van der Waals surface area contributed by atoms with Gasteiger partial charge in [-0.25, -0.2) is 0 Å². The Labute approximate surface area is 131 Å². The Morgan fingerprint density at radius 3 is 2.50 bits per heavy atom. The smallest absolute Gasteiger partial charge is 0.0453 e. The number of halogens is 2. The lowest BCUT2D eigenvalue weighted by Crippen LogP contribution is -2.39. The van der Waals surface area contributed by atoms with E-state index in [-0.39, 0.29) is 6.04 Å². The third-order valence-corrected chi connectivity index (χ3v) is 5.93. The predicted molar refractivity (Wildman–Crippen MR) is 84.8 cm³/mol. The Hall–Kier alpha value is -0.280. The monoisotopic (exact) mass is 312 g/mol. The van der Waals surface area contributed by atoms with Crippen molar-refractivity contribution in [2.75, 3.05) is 0 Å². The molecule has 0 saturated heterocycles. The highest BCUT2D eigenvalue weighted by molar-refractivity contribution is 6.36. The maximum atomic E-state index is 6.26. The number of nitrogens with two attached hydrogens (primary N) is 1. The van der Waals surface area contributed by atoms with Crippen LogP contribution in [-0.2, 0) is 6.42 Å². The minimum Gasteiger partial charge on any atom is -0.271 e. The third-order valence-electron chi connectivity index (χ3n) is 5.22. The van der Waals surface area contributed by atoms with E-state index in [0.29, 0.717) is 0 Å². The third kappa shape index (κ3) is 2.99. The van der Waals surface area contributed by atoms with Gasteiger partial charge in [-0.05, 0) is 67.6 Å². The molecule has 0 aromatic heterocycles. The molecule has 3 N–H and O–H groups in total. The molecule has 1 aromatic rings. The van der Waals surface area contributed by atoms with Gasteiger partial charge in [0.1, 0.15) is 0 Å². The number of benzene rings is 1. The topological polar surface area (TPSA) is 38.0 Å². The number of fused-ring (bicyclic) bond motifs is 2. The van der Waals surface area contributed by atoms with Gasteiger partial charge >= 0.3 is 0 Å². The molecule has 0 amide bonds. The Morgan fingerprint density at radius 2 is 1.95 bits per heavy atom. The molecule has 0 radical (unpaired) electrons. The normalized spacial score (nSPS) is 29.9. The van der Waals surface area contributed by atoms with Crippen LogP contribution in [0.1, 0.15) is 37.7 Å². The van der Waals surface area contributed by atoms with Crippen LogP contribution in [0.25, 0.3) is 0 Å². The van der Waals surface area contributed by atoms with Gasteiger partial charge in [0.15, 0.2) is 0 Å². The van der Waals surface area contributed by atoms with E-state index in [2.05, 4.69) is 5.43 Å². The second-order valence-electron chi connectivity index (χ2n) is 6.44. The molecule has 20 heavy (non-hydrogen) atoms. The van der Waals surface area contributed by atoms with Crippen molar-refractivity contribution in [2.45, 2.75) is 44.6 Å². The molecule has 0 heterocycles. The summed E-state index contributed by atoms with van der Waals surface area (Å²) in [5, 5.41) is 1.48. The SMILES string of the molecule is NNC(Cc1c(Cl)cccc1Cl)CC1CC2CCC1C2. The first-order valence-electron chi connectivity index (χ1n) is 7.56. The minimum absolute atomic E-state index is 0.261. The molecular formula is C16H22Cl2N2. The van der Waals surface area contributed by atoms with Gasteiger partial charge in [-0.15, -0.1) is 0 Å². The number of rotatable bonds is 5. The van der Waals surface area contributed by atoms with Gasteiger partial charge < -0.3 is 0 Å². The first-order valence-corrected chi connectivity index (χ1v) is 8.32. The molecule has 2 fully saturated rings. The van der Waals surface area contributed by atoms with Crippen LogP contribution in [0.2, 0.25) is 10.0 Å². The molecule has 2 bridgehead atoms. The summed E-state index contributed by atoms with van der Waals surface area (Å²) in [4.78, 5) is 0. The molecule has 2 saturated carbocycles. The van der Waals surface area contributed by atoms with E-state index in [1.54, 1.807) is 0 Å². The van der Waals surface area contributed by atoms with Crippen molar-refractivity contribution >= 4 is 23.2 Å². The van der Waals surface area contributed by atoms with Gasteiger partial charge in [-0.1, -0.05) is 35.7 Å². The van der Waals surface area contributed by atoms with Crippen LogP contribution < -0.4 is 11.3 Å². The van der Waals surface area contributed by atoms with Gasteiger partial charge in [0.2, 0.25) is 0 Å². The van der Waals surface area contributed by atoms with Gasteiger partial charge in [-0.3, -0.25) is 11.3 Å². The van der Waals surface area contributed by atoms with Crippen molar-refractivity contribution in [1.82, 2.24) is 5.43 Å². The lowest BCUT2D eigenvalue weighted by Gasteiger charge is -2.26. The zero-order valence-electron chi connectivity index (χ0n) is 11.6. The molecule has 0 spiro atoms. The zero-order chi connectivity index (χ0) is 14.1. The van der Waals surface area contributed by atoms with Crippen molar-refractivity contribution in [3.63, 3.8) is 0 Å². The summed E-state index contributed by atoms with van der Waals surface area (Å²) in [6.45, 7) is 0. The Balaban J connectivity index is 1.65. The average Bonchev–Trinajstić information content (AvgIpc) is 3.04. The summed E-state index contributed by atoms with van der Waals surface area (Å²) in [6.07, 6.45) is 7.63. The van der Waals surface area contributed by atoms with E-state index in [4.69, 9.17) is 29.0 Å². The fraction of sp³-hybridized carbons (Fsp3) is 0.625.